The minimum Gasteiger partial charge on any atom is -0.356 e. The van der Waals surface area contributed by atoms with Crippen molar-refractivity contribution in [2.24, 2.45) is 18.9 Å². The molecule has 3 aliphatic rings. The van der Waals surface area contributed by atoms with E-state index in [0.29, 0.717) is 17.8 Å². The molecule has 32 heavy (non-hydrogen) atoms. The summed E-state index contributed by atoms with van der Waals surface area (Å²) in [6.45, 7) is 2.48. The van der Waals surface area contributed by atoms with Crippen molar-refractivity contribution in [2.75, 3.05) is 18.0 Å². The number of hydrogen-bond donors (Lipinski definition) is 1. The van der Waals surface area contributed by atoms with Crippen molar-refractivity contribution in [3.05, 3.63) is 59.1 Å². The van der Waals surface area contributed by atoms with Crippen molar-refractivity contribution in [1.82, 2.24) is 29.6 Å². The predicted octanol–water partition coefficient (Wildman–Crippen LogP) is 1.80. The molecule has 4 heterocycles. The van der Waals surface area contributed by atoms with E-state index in [0.717, 1.165) is 54.8 Å². The predicted molar refractivity (Wildman–Crippen MR) is 116 cm³/mol. The number of nitrogens with one attached hydrogen (secondary N) is 1. The highest BCUT2D eigenvalue weighted by Crippen LogP contribution is 2.46. The first kappa shape index (κ1) is 19.0. The van der Waals surface area contributed by atoms with E-state index in [1.165, 1.54) is 12.1 Å². The Bertz CT molecular complexity index is 1240. The van der Waals surface area contributed by atoms with Crippen molar-refractivity contribution < 1.29 is 4.79 Å². The lowest BCUT2D eigenvalue weighted by Crippen LogP contribution is -2.27. The SMILES string of the molecule is Cn1cnc2c1CC[C@H]2NC(=O)c1cnn(Cc2ccc(N3CC4CC4C3)nc2C#N)c1. The van der Waals surface area contributed by atoms with Crippen LogP contribution < -0.4 is 10.2 Å². The summed E-state index contributed by atoms with van der Waals surface area (Å²) in [5, 5.41) is 17.0. The van der Waals surface area contributed by atoms with E-state index >= 15 is 0 Å². The molecule has 0 radical (unpaired) electrons. The van der Waals surface area contributed by atoms with Gasteiger partial charge in [0.2, 0.25) is 0 Å². The Labute approximate surface area is 185 Å². The molecule has 3 aromatic heterocycles. The Kier molecular flexibility index (Phi) is 4.28. The molecular formula is C23H24N8O. The number of carbonyl (C=O) groups excluding carboxylic acids is 1. The molecule has 1 saturated carbocycles. The van der Waals surface area contributed by atoms with Crippen LogP contribution in [0.3, 0.4) is 0 Å². The van der Waals surface area contributed by atoms with Crippen LogP contribution in [0.2, 0.25) is 0 Å². The van der Waals surface area contributed by atoms with Crippen LogP contribution >= 0.6 is 0 Å². The van der Waals surface area contributed by atoms with Gasteiger partial charge in [-0.25, -0.2) is 9.97 Å². The second-order valence-electron chi connectivity index (χ2n) is 9.13. The first-order valence-corrected chi connectivity index (χ1v) is 11.1. The lowest BCUT2D eigenvalue weighted by Gasteiger charge is -2.19. The number of carbonyl (C=O) groups is 1. The molecule has 1 N–H and O–H groups in total. The van der Waals surface area contributed by atoms with Gasteiger partial charge < -0.3 is 14.8 Å². The number of anilines is 1. The summed E-state index contributed by atoms with van der Waals surface area (Å²) >= 11 is 0. The normalized spacial score (nSPS) is 23.0. The fourth-order valence-electron chi connectivity index (χ4n) is 5.07. The van der Waals surface area contributed by atoms with Crippen LogP contribution in [-0.2, 0) is 20.0 Å². The number of aryl methyl sites for hydroxylation is 1. The minimum atomic E-state index is -0.165. The van der Waals surface area contributed by atoms with Crippen molar-refractivity contribution in [3.63, 3.8) is 0 Å². The molecule has 2 aliphatic carbocycles. The van der Waals surface area contributed by atoms with E-state index in [2.05, 4.69) is 31.4 Å². The van der Waals surface area contributed by atoms with Crippen LogP contribution in [0.25, 0.3) is 0 Å². The average molecular weight is 429 g/mol. The van der Waals surface area contributed by atoms with E-state index in [1.54, 1.807) is 23.4 Å². The number of amides is 1. The van der Waals surface area contributed by atoms with Crippen LogP contribution in [0.4, 0.5) is 5.82 Å². The molecule has 2 fully saturated rings. The zero-order valence-electron chi connectivity index (χ0n) is 17.9. The fraction of sp³-hybridized carbons (Fsp3) is 0.435. The third-order valence-corrected chi connectivity index (χ3v) is 7.00. The first-order chi connectivity index (χ1) is 15.6. The molecule has 1 saturated heterocycles. The first-order valence-electron chi connectivity index (χ1n) is 11.1. The van der Waals surface area contributed by atoms with Gasteiger partial charge >= 0.3 is 0 Å². The van der Waals surface area contributed by atoms with Gasteiger partial charge in [0.05, 0.1) is 36.4 Å². The molecule has 6 rings (SSSR count). The molecule has 1 aliphatic heterocycles. The lowest BCUT2D eigenvalue weighted by atomic mass is 10.2. The van der Waals surface area contributed by atoms with Gasteiger partial charge in [0.15, 0.2) is 0 Å². The number of piperidine rings is 1. The van der Waals surface area contributed by atoms with Crippen LogP contribution in [0, 0.1) is 23.2 Å². The van der Waals surface area contributed by atoms with E-state index in [4.69, 9.17) is 0 Å². The number of nitrogens with zero attached hydrogens (tertiary/aromatic N) is 7. The summed E-state index contributed by atoms with van der Waals surface area (Å²) < 4.78 is 3.69. The molecule has 162 valence electrons. The van der Waals surface area contributed by atoms with Crippen LogP contribution in [0.5, 0.6) is 0 Å². The van der Waals surface area contributed by atoms with Crippen molar-refractivity contribution in [1.29, 1.82) is 5.26 Å². The molecule has 1 amide bonds. The minimum absolute atomic E-state index is 0.0689. The molecule has 3 aromatic rings. The Morgan fingerprint density at radius 1 is 1.31 bits per heavy atom. The maximum Gasteiger partial charge on any atom is 0.255 e. The molecule has 9 nitrogen and oxygen atoms in total. The highest BCUT2D eigenvalue weighted by Gasteiger charge is 2.45. The summed E-state index contributed by atoms with van der Waals surface area (Å²) in [6, 6.07) is 6.10. The summed E-state index contributed by atoms with van der Waals surface area (Å²) in [7, 11) is 1.98. The largest absolute Gasteiger partial charge is 0.356 e. The van der Waals surface area contributed by atoms with Gasteiger partial charge in [-0.1, -0.05) is 6.07 Å². The number of rotatable bonds is 5. The number of pyridine rings is 1. The molecular weight excluding hydrogens is 404 g/mol. The smallest absolute Gasteiger partial charge is 0.255 e. The van der Waals surface area contributed by atoms with Crippen molar-refractivity contribution in [3.8, 4) is 6.07 Å². The van der Waals surface area contributed by atoms with Gasteiger partial charge in [-0.15, -0.1) is 0 Å². The third kappa shape index (κ3) is 3.23. The van der Waals surface area contributed by atoms with E-state index in [-0.39, 0.29) is 11.9 Å². The maximum atomic E-state index is 12.8. The Hall–Kier alpha value is -3.67. The topological polar surface area (TPSA) is 105 Å². The average Bonchev–Trinajstić information content (AvgIpc) is 3.27. The number of nitriles is 1. The Morgan fingerprint density at radius 3 is 2.97 bits per heavy atom. The van der Waals surface area contributed by atoms with Crippen molar-refractivity contribution in [2.45, 2.75) is 31.8 Å². The van der Waals surface area contributed by atoms with Gasteiger partial charge in [-0.05, 0) is 37.2 Å². The summed E-state index contributed by atoms with van der Waals surface area (Å²) in [5.74, 6) is 2.33. The molecule has 2 unspecified atom stereocenters. The monoisotopic (exact) mass is 428 g/mol. The second-order valence-corrected chi connectivity index (χ2v) is 9.13. The van der Waals surface area contributed by atoms with E-state index in [1.807, 2.05) is 23.7 Å². The number of imidazole rings is 1. The molecule has 3 atom stereocenters. The third-order valence-electron chi connectivity index (χ3n) is 7.00. The number of aromatic nitrogens is 5. The molecule has 0 spiro atoms. The number of fused-ring (bicyclic) bond motifs is 2. The van der Waals surface area contributed by atoms with Crippen LogP contribution in [0.1, 0.15) is 51.9 Å². The van der Waals surface area contributed by atoms with E-state index < -0.39 is 0 Å². The molecule has 0 aromatic carbocycles. The standard InChI is InChI=1S/C23H24N8O/c1-29-13-25-22-18(3-4-20(22)29)28-23(32)17-8-26-31(12-17)11-14-2-5-21(27-19(14)7-24)30-9-15-6-16(15)10-30/h2,5,8,12-13,15-16,18H,3-4,6,9-11H2,1H3,(H,28,32)/t15?,16?,18-/m1/s1. The quantitative estimate of drug-likeness (QED) is 0.665. The summed E-state index contributed by atoms with van der Waals surface area (Å²) in [5.41, 5.74) is 3.84. The Morgan fingerprint density at radius 2 is 2.16 bits per heavy atom. The zero-order valence-corrected chi connectivity index (χ0v) is 17.9. The lowest BCUT2D eigenvalue weighted by molar-refractivity contribution is 0.0936. The zero-order chi connectivity index (χ0) is 21.8. The highest BCUT2D eigenvalue weighted by molar-refractivity contribution is 5.94. The van der Waals surface area contributed by atoms with Gasteiger partial charge in [0.1, 0.15) is 17.6 Å². The van der Waals surface area contributed by atoms with Gasteiger partial charge in [0.25, 0.3) is 5.91 Å². The van der Waals surface area contributed by atoms with E-state index in [9.17, 15) is 10.1 Å². The highest BCUT2D eigenvalue weighted by atomic mass is 16.1. The summed E-state index contributed by atoms with van der Waals surface area (Å²) in [6.07, 6.45) is 8.17. The van der Waals surface area contributed by atoms with Crippen molar-refractivity contribution >= 4 is 11.7 Å². The summed E-state index contributed by atoms with van der Waals surface area (Å²) in [4.78, 5) is 24.1. The van der Waals surface area contributed by atoms with Gasteiger partial charge in [-0.3, -0.25) is 9.48 Å². The molecule has 0 bridgehead atoms. The fourth-order valence-corrected chi connectivity index (χ4v) is 5.07. The number of hydrogen-bond acceptors (Lipinski definition) is 6. The Balaban J connectivity index is 1.14. The van der Waals surface area contributed by atoms with Crippen LogP contribution in [-0.4, -0.2) is 43.3 Å². The maximum absolute atomic E-state index is 12.8. The van der Waals surface area contributed by atoms with Crippen LogP contribution in [0.15, 0.2) is 30.9 Å². The molecule has 9 heteroatoms. The van der Waals surface area contributed by atoms with Gasteiger partial charge in [0, 0.05) is 37.6 Å². The van der Waals surface area contributed by atoms with Gasteiger partial charge in [-0.2, -0.15) is 10.4 Å². The second kappa shape index (κ2) is 7.19.